The van der Waals surface area contributed by atoms with Gasteiger partial charge in [-0.2, -0.15) is 0 Å². The normalized spacial score (nSPS) is 10.9. The molecule has 0 saturated carbocycles. The lowest BCUT2D eigenvalue weighted by Crippen LogP contribution is -2.25. The van der Waals surface area contributed by atoms with Crippen molar-refractivity contribution in [1.29, 1.82) is 0 Å². The summed E-state index contributed by atoms with van der Waals surface area (Å²) in [5.41, 5.74) is 6.45. The van der Waals surface area contributed by atoms with Gasteiger partial charge in [-0.05, 0) is 24.5 Å². The van der Waals surface area contributed by atoms with Gasteiger partial charge in [0.15, 0.2) is 0 Å². The Morgan fingerprint density at radius 1 is 1.19 bits per heavy atom. The Bertz CT molecular complexity index is 476. The maximum atomic E-state index is 12.0. The van der Waals surface area contributed by atoms with Crippen molar-refractivity contribution in [2.45, 2.75) is 46.0 Å². The number of nitrogens with two attached hydrogens (primary N) is 1. The second-order valence-corrected chi connectivity index (χ2v) is 6.50. The highest BCUT2D eigenvalue weighted by Crippen LogP contribution is 2.28. The fraction of sp³-hybridized carbons (Fsp3) is 0.562. The van der Waals surface area contributed by atoms with Crippen molar-refractivity contribution >= 4 is 34.8 Å². The van der Waals surface area contributed by atoms with Crippen LogP contribution in [0.4, 0.5) is 5.69 Å². The van der Waals surface area contributed by atoms with Gasteiger partial charge >= 0.3 is 0 Å². The van der Waals surface area contributed by atoms with Crippen molar-refractivity contribution < 1.29 is 4.79 Å². The molecule has 0 radical (unpaired) electrons. The van der Waals surface area contributed by atoms with Gasteiger partial charge in [-0.15, -0.1) is 0 Å². The summed E-state index contributed by atoms with van der Waals surface area (Å²) in [6.07, 6.45) is 5.82. The van der Waals surface area contributed by atoms with Crippen LogP contribution in [0.3, 0.4) is 0 Å². The van der Waals surface area contributed by atoms with E-state index in [4.69, 9.17) is 28.9 Å². The molecule has 1 amide bonds. The molecule has 0 aliphatic rings. The number of rotatable bonds is 8. The van der Waals surface area contributed by atoms with E-state index in [0.717, 1.165) is 18.8 Å². The largest absolute Gasteiger partial charge is 0.399 e. The second-order valence-electron chi connectivity index (χ2n) is 5.72. The smallest absolute Gasteiger partial charge is 0.252 e. The first-order valence-corrected chi connectivity index (χ1v) is 8.20. The zero-order chi connectivity index (χ0) is 15.8. The number of hydrogen-bond acceptors (Lipinski definition) is 2. The highest BCUT2D eigenvalue weighted by molar-refractivity contribution is 6.44. The van der Waals surface area contributed by atoms with Crippen LogP contribution in [0.15, 0.2) is 12.1 Å². The number of carbonyl (C=O) groups excluding carboxylic acids is 1. The molecule has 5 heteroatoms. The Hall–Kier alpha value is -0.930. The average molecular weight is 331 g/mol. The van der Waals surface area contributed by atoms with Crippen LogP contribution < -0.4 is 11.1 Å². The van der Waals surface area contributed by atoms with Gasteiger partial charge < -0.3 is 11.1 Å². The van der Waals surface area contributed by atoms with Crippen molar-refractivity contribution in [2.24, 2.45) is 5.92 Å². The minimum absolute atomic E-state index is 0.226. The van der Waals surface area contributed by atoms with E-state index < -0.39 is 0 Å². The third-order valence-electron chi connectivity index (χ3n) is 3.29. The van der Waals surface area contributed by atoms with E-state index in [2.05, 4.69) is 19.2 Å². The summed E-state index contributed by atoms with van der Waals surface area (Å²) in [5, 5.41) is 3.41. The maximum absolute atomic E-state index is 12.0. The molecule has 0 saturated heterocycles. The van der Waals surface area contributed by atoms with Crippen LogP contribution in [0, 0.1) is 5.92 Å². The maximum Gasteiger partial charge on any atom is 0.252 e. The van der Waals surface area contributed by atoms with Gasteiger partial charge in [0.05, 0.1) is 15.6 Å². The van der Waals surface area contributed by atoms with E-state index in [1.54, 1.807) is 6.07 Å². The molecule has 0 aromatic heterocycles. The Morgan fingerprint density at radius 3 is 2.52 bits per heavy atom. The number of amides is 1. The molecule has 21 heavy (non-hydrogen) atoms. The molecule has 0 aliphatic heterocycles. The lowest BCUT2D eigenvalue weighted by atomic mass is 10.0. The van der Waals surface area contributed by atoms with Crippen LogP contribution in [-0.4, -0.2) is 12.5 Å². The number of unbranched alkanes of at least 4 members (excludes halogenated alkanes) is 3. The Labute approximate surface area is 137 Å². The van der Waals surface area contributed by atoms with E-state index in [1.807, 2.05) is 0 Å². The molecule has 3 nitrogen and oxygen atoms in total. The number of nitrogen functional groups attached to an aromatic ring is 1. The lowest BCUT2D eigenvalue weighted by Gasteiger charge is -2.09. The van der Waals surface area contributed by atoms with Crippen molar-refractivity contribution in [3.05, 3.63) is 27.7 Å². The van der Waals surface area contributed by atoms with E-state index >= 15 is 0 Å². The molecule has 0 unspecified atom stereocenters. The third kappa shape index (κ3) is 6.58. The van der Waals surface area contributed by atoms with Crippen molar-refractivity contribution in [1.82, 2.24) is 5.32 Å². The molecule has 0 heterocycles. The first kappa shape index (κ1) is 18.1. The summed E-state index contributed by atoms with van der Waals surface area (Å²) in [4.78, 5) is 12.0. The van der Waals surface area contributed by atoms with E-state index in [0.29, 0.717) is 22.8 Å². The van der Waals surface area contributed by atoms with Gasteiger partial charge in [0.25, 0.3) is 5.91 Å². The molecule has 1 rings (SSSR count). The molecule has 3 N–H and O–H groups in total. The van der Waals surface area contributed by atoms with Crippen molar-refractivity contribution in [2.75, 3.05) is 12.3 Å². The third-order valence-corrected chi connectivity index (χ3v) is 4.09. The summed E-state index contributed by atoms with van der Waals surface area (Å²) >= 11 is 11.9. The quantitative estimate of drug-likeness (QED) is 0.525. The van der Waals surface area contributed by atoms with Crippen LogP contribution in [0.1, 0.15) is 56.3 Å². The number of carbonyl (C=O) groups is 1. The molecule has 0 fully saturated rings. The molecule has 118 valence electrons. The Balaban J connectivity index is 2.32. The van der Waals surface area contributed by atoms with Crippen molar-refractivity contribution in [3.63, 3.8) is 0 Å². The Morgan fingerprint density at radius 2 is 1.86 bits per heavy atom. The van der Waals surface area contributed by atoms with Crippen LogP contribution in [0.5, 0.6) is 0 Å². The fourth-order valence-corrected chi connectivity index (χ4v) is 2.53. The summed E-state index contributed by atoms with van der Waals surface area (Å²) in [5.74, 6) is 0.538. The summed E-state index contributed by atoms with van der Waals surface area (Å²) in [6.45, 7) is 5.12. The number of hydrogen-bond donors (Lipinski definition) is 2. The van der Waals surface area contributed by atoms with Gasteiger partial charge in [-0.25, -0.2) is 0 Å². The number of anilines is 1. The van der Waals surface area contributed by atoms with Gasteiger partial charge in [0.1, 0.15) is 0 Å². The van der Waals surface area contributed by atoms with Crippen LogP contribution >= 0.6 is 23.2 Å². The zero-order valence-electron chi connectivity index (χ0n) is 12.7. The van der Waals surface area contributed by atoms with E-state index in [-0.39, 0.29) is 10.9 Å². The van der Waals surface area contributed by atoms with Gasteiger partial charge in [0.2, 0.25) is 0 Å². The van der Waals surface area contributed by atoms with Crippen LogP contribution in [0.2, 0.25) is 10.0 Å². The molecule has 0 bridgehead atoms. The molecule has 0 atom stereocenters. The minimum atomic E-state index is -0.226. The predicted octanol–water partition coefficient (Wildman–Crippen LogP) is 4.91. The van der Waals surface area contributed by atoms with Crippen molar-refractivity contribution in [3.8, 4) is 0 Å². The van der Waals surface area contributed by atoms with Crippen LogP contribution in [-0.2, 0) is 0 Å². The second kappa shape index (κ2) is 9.16. The standard InChI is InChI=1S/C16H24Cl2N2O/c1-11(2)7-5-3-4-6-8-20-16(21)13-9-12(19)10-14(17)15(13)18/h9-11H,3-8,19H2,1-2H3,(H,20,21). The first-order valence-electron chi connectivity index (χ1n) is 7.44. The van der Waals surface area contributed by atoms with E-state index in [1.165, 1.54) is 25.3 Å². The highest BCUT2D eigenvalue weighted by Gasteiger charge is 2.13. The monoisotopic (exact) mass is 330 g/mol. The molecular weight excluding hydrogens is 307 g/mol. The molecular formula is C16H24Cl2N2O. The first-order chi connectivity index (χ1) is 9.91. The lowest BCUT2D eigenvalue weighted by molar-refractivity contribution is 0.0953. The number of benzene rings is 1. The Kier molecular flexibility index (Phi) is 7.91. The molecule has 0 aliphatic carbocycles. The topological polar surface area (TPSA) is 55.1 Å². The minimum Gasteiger partial charge on any atom is -0.399 e. The summed E-state index contributed by atoms with van der Waals surface area (Å²) in [6, 6.07) is 3.08. The summed E-state index contributed by atoms with van der Waals surface area (Å²) in [7, 11) is 0. The SMILES string of the molecule is CC(C)CCCCCCNC(=O)c1cc(N)cc(Cl)c1Cl. The number of halogens is 2. The number of nitrogens with one attached hydrogen (secondary N) is 1. The average Bonchev–Trinajstić information content (AvgIpc) is 2.41. The molecule has 1 aromatic rings. The predicted molar refractivity (Wildman–Crippen MR) is 91.1 cm³/mol. The van der Waals surface area contributed by atoms with Crippen LogP contribution in [0.25, 0.3) is 0 Å². The van der Waals surface area contributed by atoms with E-state index in [9.17, 15) is 4.79 Å². The highest BCUT2D eigenvalue weighted by atomic mass is 35.5. The van der Waals surface area contributed by atoms with Gasteiger partial charge in [0, 0.05) is 12.2 Å². The van der Waals surface area contributed by atoms with Gasteiger partial charge in [-0.3, -0.25) is 4.79 Å². The zero-order valence-corrected chi connectivity index (χ0v) is 14.2. The summed E-state index contributed by atoms with van der Waals surface area (Å²) < 4.78 is 0. The molecule has 1 aromatic carbocycles. The van der Waals surface area contributed by atoms with Gasteiger partial charge in [-0.1, -0.05) is 62.7 Å². The fourth-order valence-electron chi connectivity index (χ4n) is 2.10. The molecule has 0 spiro atoms.